The standard InChI is InChI=1S/C16H19ClFN3/c1-2-21(11-12-6-3-4-9-20-12)15(10-19)13-7-5-8-14(17)16(13)18/h3-9,15H,2,10-11,19H2,1H3. The van der Waals surface area contributed by atoms with Gasteiger partial charge in [0.05, 0.1) is 16.8 Å². The molecule has 112 valence electrons. The van der Waals surface area contributed by atoms with E-state index in [1.807, 2.05) is 25.1 Å². The Labute approximate surface area is 129 Å². The molecule has 2 aromatic rings. The van der Waals surface area contributed by atoms with E-state index >= 15 is 0 Å². The van der Waals surface area contributed by atoms with Gasteiger partial charge in [-0.05, 0) is 24.7 Å². The highest BCUT2D eigenvalue weighted by Gasteiger charge is 2.22. The van der Waals surface area contributed by atoms with Gasteiger partial charge in [0, 0.05) is 24.8 Å². The van der Waals surface area contributed by atoms with E-state index in [1.54, 1.807) is 24.4 Å². The van der Waals surface area contributed by atoms with Crippen molar-refractivity contribution in [2.24, 2.45) is 5.73 Å². The summed E-state index contributed by atoms with van der Waals surface area (Å²) in [5, 5.41) is 0.125. The van der Waals surface area contributed by atoms with Crippen molar-refractivity contribution < 1.29 is 4.39 Å². The third-order valence-electron chi connectivity index (χ3n) is 3.50. The van der Waals surface area contributed by atoms with E-state index in [0.29, 0.717) is 18.7 Å². The van der Waals surface area contributed by atoms with Gasteiger partial charge in [-0.1, -0.05) is 36.7 Å². The first-order valence-electron chi connectivity index (χ1n) is 6.95. The summed E-state index contributed by atoms with van der Waals surface area (Å²) in [5.74, 6) is -0.394. The largest absolute Gasteiger partial charge is 0.329 e. The summed E-state index contributed by atoms with van der Waals surface area (Å²) in [7, 11) is 0. The van der Waals surface area contributed by atoms with Crippen molar-refractivity contribution in [3.8, 4) is 0 Å². The van der Waals surface area contributed by atoms with E-state index in [-0.39, 0.29) is 11.1 Å². The number of likely N-dealkylation sites (N-methyl/N-ethyl adjacent to an activating group) is 1. The van der Waals surface area contributed by atoms with Crippen LogP contribution in [0.5, 0.6) is 0 Å². The van der Waals surface area contributed by atoms with Crippen LogP contribution >= 0.6 is 11.6 Å². The minimum Gasteiger partial charge on any atom is -0.329 e. The van der Waals surface area contributed by atoms with Gasteiger partial charge in [0.2, 0.25) is 0 Å². The van der Waals surface area contributed by atoms with Crippen LogP contribution in [0, 0.1) is 5.82 Å². The maximum Gasteiger partial charge on any atom is 0.146 e. The first-order chi connectivity index (χ1) is 10.2. The molecule has 3 nitrogen and oxygen atoms in total. The van der Waals surface area contributed by atoms with Crippen molar-refractivity contribution in [3.63, 3.8) is 0 Å². The lowest BCUT2D eigenvalue weighted by Crippen LogP contribution is -2.34. The molecule has 21 heavy (non-hydrogen) atoms. The summed E-state index contributed by atoms with van der Waals surface area (Å²) in [6.07, 6.45) is 1.75. The molecule has 0 radical (unpaired) electrons. The summed E-state index contributed by atoms with van der Waals surface area (Å²) in [4.78, 5) is 6.41. The summed E-state index contributed by atoms with van der Waals surface area (Å²) >= 11 is 5.88. The highest BCUT2D eigenvalue weighted by atomic mass is 35.5. The monoisotopic (exact) mass is 307 g/mol. The molecule has 1 atom stereocenters. The molecule has 1 aromatic carbocycles. The normalized spacial score (nSPS) is 12.6. The molecule has 0 spiro atoms. The van der Waals surface area contributed by atoms with Crippen LogP contribution in [0.15, 0.2) is 42.6 Å². The molecule has 0 aliphatic rings. The van der Waals surface area contributed by atoms with Crippen LogP contribution in [0.2, 0.25) is 5.02 Å². The number of halogens is 2. The predicted octanol–water partition coefficient (Wildman–Crippen LogP) is 3.40. The molecule has 1 heterocycles. The average Bonchev–Trinajstić information content (AvgIpc) is 2.52. The zero-order valence-electron chi connectivity index (χ0n) is 12.0. The zero-order chi connectivity index (χ0) is 15.2. The fourth-order valence-corrected chi connectivity index (χ4v) is 2.57. The van der Waals surface area contributed by atoms with E-state index in [1.165, 1.54) is 0 Å². The van der Waals surface area contributed by atoms with Gasteiger partial charge in [0.1, 0.15) is 5.82 Å². The van der Waals surface area contributed by atoms with Gasteiger partial charge in [0.15, 0.2) is 0 Å². The number of nitrogens with two attached hydrogens (primary N) is 1. The molecule has 5 heteroatoms. The second kappa shape index (κ2) is 7.50. The Morgan fingerprint density at radius 2 is 2.10 bits per heavy atom. The van der Waals surface area contributed by atoms with E-state index in [2.05, 4.69) is 9.88 Å². The lowest BCUT2D eigenvalue weighted by molar-refractivity contribution is 0.197. The number of benzene rings is 1. The third-order valence-corrected chi connectivity index (χ3v) is 3.79. The molecule has 0 bridgehead atoms. The molecule has 0 saturated heterocycles. The number of nitrogens with zero attached hydrogens (tertiary/aromatic N) is 2. The first kappa shape index (κ1) is 15.9. The highest BCUT2D eigenvalue weighted by molar-refractivity contribution is 6.30. The van der Waals surface area contributed by atoms with Crippen molar-refractivity contribution in [1.82, 2.24) is 9.88 Å². The summed E-state index contributed by atoms with van der Waals surface area (Å²) in [6, 6.07) is 10.6. The van der Waals surface area contributed by atoms with Crippen molar-refractivity contribution in [2.75, 3.05) is 13.1 Å². The van der Waals surface area contributed by atoms with Crippen LogP contribution in [0.1, 0.15) is 24.2 Å². The lowest BCUT2D eigenvalue weighted by Gasteiger charge is -2.30. The van der Waals surface area contributed by atoms with Crippen LogP contribution in [0.25, 0.3) is 0 Å². The smallest absolute Gasteiger partial charge is 0.146 e. The Balaban J connectivity index is 2.27. The van der Waals surface area contributed by atoms with Gasteiger partial charge in [-0.2, -0.15) is 0 Å². The van der Waals surface area contributed by atoms with Crippen LogP contribution in [-0.2, 0) is 6.54 Å². The van der Waals surface area contributed by atoms with Crippen LogP contribution in [-0.4, -0.2) is 23.0 Å². The number of rotatable bonds is 6. The fourth-order valence-electron chi connectivity index (χ4n) is 2.39. The number of hydrogen-bond acceptors (Lipinski definition) is 3. The summed E-state index contributed by atoms with van der Waals surface area (Å²) < 4.78 is 14.2. The maximum absolute atomic E-state index is 14.2. The SMILES string of the molecule is CCN(Cc1ccccn1)C(CN)c1cccc(Cl)c1F. The molecule has 1 unspecified atom stereocenters. The van der Waals surface area contributed by atoms with Gasteiger partial charge in [-0.25, -0.2) is 4.39 Å². The topological polar surface area (TPSA) is 42.2 Å². The zero-order valence-corrected chi connectivity index (χ0v) is 12.7. The van der Waals surface area contributed by atoms with Gasteiger partial charge in [-0.15, -0.1) is 0 Å². The van der Waals surface area contributed by atoms with Crippen molar-refractivity contribution in [3.05, 3.63) is 64.7 Å². The average molecular weight is 308 g/mol. The summed E-state index contributed by atoms with van der Waals surface area (Å²) in [5.41, 5.74) is 7.34. The van der Waals surface area contributed by atoms with Crippen molar-refractivity contribution in [2.45, 2.75) is 19.5 Å². The van der Waals surface area contributed by atoms with Gasteiger partial charge in [-0.3, -0.25) is 9.88 Å². The Hall–Kier alpha value is -1.49. The third kappa shape index (κ3) is 3.79. The molecule has 2 rings (SSSR count). The fraction of sp³-hybridized carbons (Fsp3) is 0.312. The molecule has 0 fully saturated rings. The van der Waals surface area contributed by atoms with Crippen LogP contribution < -0.4 is 5.73 Å². The highest BCUT2D eigenvalue weighted by Crippen LogP contribution is 2.27. The molecular weight excluding hydrogens is 289 g/mol. The molecule has 1 aromatic heterocycles. The minimum atomic E-state index is -0.394. The van der Waals surface area contributed by atoms with Gasteiger partial charge >= 0.3 is 0 Å². The Morgan fingerprint density at radius 3 is 2.71 bits per heavy atom. The van der Waals surface area contributed by atoms with Gasteiger partial charge in [0.25, 0.3) is 0 Å². The molecular formula is C16H19ClFN3. The van der Waals surface area contributed by atoms with Crippen molar-refractivity contribution in [1.29, 1.82) is 0 Å². The van der Waals surface area contributed by atoms with Crippen molar-refractivity contribution >= 4 is 11.6 Å². The van der Waals surface area contributed by atoms with Crippen LogP contribution in [0.4, 0.5) is 4.39 Å². The number of aromatic nitrogens is 1. The van der Waals surface area contributed by atoms with E-state index in [9.17, 15) is 4.39 Å². The quantitative estimate of drug-likeness (QED) is 0.889. The second-order valence-electron chi connectivity index (χ2n) is 4.78. The molecule has 2 N–H and O–H groups in total. The van der Waals surface area contributed by atoms with E-state index in [0.717, 1.165) is 12.2 Å². The molecule has 0 aliphatic heterocycles. The maximum atomic E-state index is 14.2. The van der Waals surface area contributed by atoms with E-state index < -0.39 is 5.82 Å². The molecule has 0 aliphatic carbocycles. The Bertz CT molecular complexity index is 577. The molecule has 0 saturated carbocycles. The van der Waals surface area contributed by atoms with Crippen LogP contribution in [0.3, 0.4) is 0 Å². The number of hydrogen-bond donors (Lipinski definition) is 1. The Kier molecular flexibility index (Phi) is 5.67. The predicted molar refractivity (Wildman–Crippen MR) is 83.5 cm³/mol. The van der Waals surface area contributed by atoms with Gasteiger partial charge < -0.3 is 5.73 Å². The Morgan fingerprint density at radius 1 is 1.29 bits per heavy atom. The second-order valence-corrected chi connectivity index (χ2v) is 5.19. The molecule has 0 amide bonds. The lowest BCUT2D eigenvalue weighted by atomic mass is 10.0. The first-order valence-corrected chi connectivity index (χ1v) is 7.33. The van der Waals surface area contributed by atoms with E-state index in [4.69, 9.17) is 17.3 Å². The minimum absolute atomic E-state index is 0.125. The number of pyridine rings is 1. The summed E-state index contributed by atoms with van der Waals surface area (Å²) in [6.45, 7) is 3.70.